The zero-order valence-electron chi connectivity index (χ0n) is 11.8. The van der Waals surface area contributed by atoms with Crippen molar-refractivity contribution in [2.24, 2.45) is 5.92 Å². The molecule has 0 radical (unpaired) electrons. The maximum Gasteiger partial charge on any atom is 0.0249 e. The average Bonchev–Trinajstić information content (AvgIpc) is 2.79. The van der Waals surface area contributed by atoms with E-state index in [2.05, 4.69) is 24.1 Å². The molecule has 0 spiro atoms. The largest absolute Gasteiger partial charge is 0.313 e. The molecule has 1 aliphatic carbocycles. The highest BCUT2D eigenvalue weighted by molar-refractivity contribution is 4.91. The maximum atomic E-state index is 3.72. The van der Waals surface area contributed by atoms with Gasteiger partial charge in [0, 0.05) is 18.6 Å². The van der Waals surface area contributed by atoms with Gasteiger partial charge in [-0.3, -0.25) is 4.90 Å². The van der Waals surface area contributed by atoms with Gasteiger partial charge in [-0.05, 0) is 44.7 Å². The van der Waals surface area contributed by atoms with Gasteiger partial charge >= 0.3 is 0 Å². The monoisotopic (exact) mass is 238 g/mol. The molecule has 1 N–H and O–H groups in total. The summed E-state index contributed by atoms with van der Waals surface area (Å²) in [4.78, 5) is 2.80. The minimum atomic E-state index is 0.772. The molecule has 2 nitrogen and oxygen atoms in total. The van der Waals surface area contributed by atoms with Crippen molar-refractivity contribution in [3.63, 3.8) is 0 Å². The normalized spacial score (nSPS) is 35.3. The van der Waals surface area contributed by atoms with Gasteiger partial charge in [-0.15, -0.1) is 0 Å². The molecule has 0 aromatic rings. The van der Waals surface area contributed by atoms with Crippen LogP contribution in [0.4, 0.5) is 0 Å². The van der Waals surface area contributed by atoms with Crippen LogP contribution in [0.25, 0.3) is 0 Å². The minimum Gasteiger partial charge on any atom is -0.313 e. The summed E-state index contributed by atoms with van der Waals surface area (Å²) in [7, 11) is 0. The van der Waals surface area contributed by atoms with Gasteiger partial charge in [0.1, 0.15) is 0 Å². The Kier molecular flexibility index (Phi) is 5.30. The quantitative estimate of drug-likeness (QED) is 0.792. The highest BCUT2D eigenvalue weighted by atomic mass is 15.2. The number of hydrogen-bond donors (Lipinski definition) is 1. The summed E-state index contributed by atoms with van der Waals surface area (Å²) < 4.78 is 0. The number of nitrogens with zero attached hydrogens (tertiary/aromatic N) is 1. The van der Waals surface area contributed by atoms with Crippen LogP contribution in [0.5, 0.6) is 0 Å². The van der Waals surface area contributed by atoms with Gasteiger partial charge in [0.05, 0.1) is 0 Å². The summed E-state index contributed by atoms with van der Waals surface area (Å²) in [5.74, 6) is 0.990. The summed E-state index contributed by atoms with van der Waals surface area (Å²) in [6, 6.07) is 1.61. The third kappa shape index (κ3) is 3.45. The Bertz CT molecular complexity index is 215. The van der Waals surface area contributed by atoms with Crippen molar-refractivity contribution in [2.75, 3.05) is 19.6 Å². The van der Waals surface area contributed by atoms with Crippen LogP contribution < -0.4 is 5.32 Å². The maximum absolute atomic E-state index is 3.72. The highest BCUT2D eigenvalue weighted by Gasteiger charge is 2.33. The summed E-state index contributed by atoms with van der Waals surface area (Å²) in [5, 5.41) is 3.72. The molecule has 100 valence electrons. The van der Waals surface area contributed by atoms with E-state index in [9.17, 15) is 0 Å². The predicted octanol–water partition coefficient (Wildman–Crippen LogP) is 3.03. The van der Waals surface area contributed by atoms with E-state index in [0.29, 0.717) is 0 Å². The van der Waals surface area contributed by atoms with Crippen molar-refractivity contribution in [1.82, 2.24) is 10.2 Å². The fourth-order valence-corrected chi connectivity index (χ4v) is 3.86. The fourth-order valence-electron chi connectivity index (χ4n) is 3.86. The number of nitrogens with one attached hydrogen (secondary N) is 1. The Morgan fingerprint density at radius 3 is 2.71 bits per heavy atom. The summed E-state index contributed by atoms with van der Waals surface area (Å²) >= 11 is 0. The Morgan fingerprint density at radius 1 is 1.12 bits per heavy atom. The minimum absolute atomic E-state index is 0.772. The Labute approximate surface area is 107 Å². The van der Waals surface area contributed by atoms with E-state index in [1.165, 1.54) is 58.0 Å². The molecule has 0 bridgehead atoms. The average molecular weight is 238 g/mol. The molecule has 1 saturated heterocycles. The first-order valence-electron chi connectivity index (χ1n) is 7.82. The molecule has 3 atom stereocenters. The first kappa shape index (κ1) is 13.4. The second-order valence-corrected chi connectivity index (χ2v) is 5.95. The molecule has 1 heterocycles. The van der Waals surface area contributed by atoms with Crippen molar-refractivity contribution < 1.29 is 0 Å². The molecule has 2 fully saturated rings. The van der Waals surface area contributed by atoms with Gasteiger partial charge in [-0.1, -0.05) is 33.1 Å². The lowest BCUT2D eigenvalue weighted by Crippen LogP contribution is -2.51. The molecule has 0 amide bonds. The summed E-state index contributed by atoms with van der Waals surface area (Å²) in [5.41, 5.74) is 0. The van der Waals surface area contributed by atoms with Crippen LogP contribution in [-0.4, -0.2) is 36.6 Å². The van der Waals surface area contributed by atoms with Crippen LogP contribution in [0.1, 0.15) is 58.8 Å². The molecule has 1 saturated carbocycles. The van der Waals surface area contributed by atoms with Crippen LogP contribution >= 0.6 is 0 Å². The molecule has 3 unspecified atom stereocenters. The number of hydrogen-bond acceptors (Lipinski definition) is 2. The second-order valence-electron chi connectivity index (χ2n) is 5.95. The van der Waals surface area contributed by atoms with E-state index in [-0.39, 0.29) is 0 Å². The molecule has 1 aliphatic heterocycles. The molecule has 0 aromatic carbocycles. The van der Waals surface area contributed by atoms with Crippen molar-refractivity contribution in [1.29, 1.82) is 0 Å². The SMILES string of the molecule is CCCC1CCN(C2CCCCC2NCC)C1. The molecule has 17 heavy (non-hydrogen) atoms. The lowest BCUT2D eigenvalue weighted by Gasteiger charge is -2.38. The predicted molar refractivity (Wildman–Crippen MR) is 74.3 cm³/mol. The third-order valence-corrected chi connectivity index (χ3v) is 4.68. The lowest BCUT2D eigenvalue weighted by molar-refractivity contribution is 0.144. The first-order chi connectivity index (χ1) is 8.35. The topological polar surface area (TPSA) is 15.3 Å². The zero-order chi connectivity index (χ0) is 12.1. The van der Waals surface area contributed by atoms with Crippen LogP contribution in [-0.2, 0) is 0 Å². The van der Waals surface area contributed by atoms with E-state index >= 15 is 0 Å². The van der Waals surface area contributed by atoms with E-state index in [1.54, 1.807) is 0 Å². The number of rotatable bonds is 5. The van der Waals surface area contributed by atoms with Crippen molar-refractivity contribution in [2.45, 2.75) is 70.9 Å². The van der Waals surface area contributed by atoms with Gasteiger partial charge < -0.3 is 5.32 Å². The van der Waals surface area contributed by atoms with Gasteiger partial charge in [-0.2, -0.15) is 0 Å². The van der Waals surface area contributed by atoms with Crippen molar-refractivity contribution in [3.8, 4) is 0 Å². The standard InChI is InChI=1S/C15H30N2/c1-3-7-13-10-11-17(12-13)15-9-6-5-8-14(15)16-4-2/h13-16H,3-12H2,1-2H3. The van der Waals surface area contributed by atoms with Crippen LogP contribution in [0, 0.1) is 5.92 Å². The highest BCUT2D eigenvalue weighted by Crippen LogP contribution is 2.29. The van der Waals surface area contributed by atoms with Gasteiger partial charge in [0.25, 0.3) is 0 Å². The number of likely N-dealkylation sites (tertiary alicyclic amines) is 1. The lowest BCUT2D eigenvalue weighted by atomic mass is 9.89. The molecular formula is C15H30N2. The van der Waals surface area contributed by atoms with E-state index < -0.39 is 0 Å². The Balaban J connectivity index is 1.86. The van der Waals surface area contributed by atoms with Gasteiger partial charge in [0.2, 0.25) is 0 Å². The van der Waals surface area contributed by atoms with E-state index in [0.717, 1.165) is 24.5 Å². The van der Waals surface area contributed by atoms with E-state index in [1.807, 2.05) is 0 Å². The van der Waals surface area contributed by atoms with Crippen molar-refractivity contribution >= 4 is 0 Å². The number of likely N-dealkylation sites (N-methyl/N-ethyl adjacent to an activating group) is 1. The van der Waals surface area contributed by atoms with Gasteiger partial charge in [0.15, 0.2) is 0 Å². The fraction of sp³-hybridized carbons (Fsp3) is 1.00. The zero-order valence-corrected chi connectivity index (χ0v) is 11.8. The van der Waals surface area contributed by atoms with Crippen LogP contribution in [0.2, 0.25) is 0 Å². The molecule has 2 rings (SSSR count). The molecule has 2 aliphatic rings. The molecule has 0 aromatic heterocycles. The van der Waals surface area contributed by atoms with E-state index in [4.69, 9.17) is 0 Å². The third-order valence-electron chi connectivity index (χ3n) is 4.68. The Hall–Kier alpha value is -0.0800. The summed E-state index contributed by atoms with van der Waals surface area (Å²) in [6.07, 6.45) is 9.95. The first-order valence-corrected chi connectivity index (χ1v) is 7.82. The molecule has 2 heteroatoms. The smallest absolute Gasteiger partial charge is 0.0249 e. The molecular weight excluding hydrogens is 208 g/mol. The van der Waals surface area contributed by atoms with Gasteiger partial charge in [-0.25, -0.2) is 0 Å². The van der Waals surface area contributed by atoms with Crippen LogP contribution in [0.3, 0.4) is 0 Å². The Morgan fingerprint density at radius 2 is 1.94 bits per heavy atom. The van der Waals surface area contributed by atoms with Crippen LogP contribution in [0.15, 0.2) is 0 Å². The second kappa shape index (κ2) is 6.75. The summed E-state index contributed by atoms with van der Waals surface area (Å²) in [6.45, 7) is 8.44. The van der Waals surface area contributed by atoms with Crippen molar-refractivity contribution in [3.05, 3.63) is 0 Å².